The van der Waals surface area contributed by atoms with Crippen LogP contribution in [-0.2, 0) is 6.54 Å². The van der Waals surface area contributed by atoms with Crippen LogP contribution in [-0.4, -0.2) is 10.9 Å². The molecule has 0 bridgehead atoms. The van der Waals surface area contributed by atoms with Crippen molar-refractivity contribution in [1.29, 1.82) is 0 Å². The molecule has 2 aromatic carbocycles. The summed E-state index contributed by atoms with van der Waals surface area (Å²) in [7, 11) is 0. The molecule has 0 aliphatic heterocycles. The number of nitrogens with one attached hydrogen (secondary N) is 2. The van der Waals surface area contributed by atoms with Crippen LogP contribution in [0.15, 0.2) is 60.9 Å². The Morgan fingerprint density at radius 3 is 2.62 bits per heavy atom. The van der Waals surface area contributed by atoms with Gasteiger partial charge in [-0.2, -0.15) is 0 Å². The van der Waals surface area contributed by atoms with Crippen molar-refractivity contribution in [2.45, 2.75) is 13.5 Å². The van der Waals surface area contributed by atoms with Gasteiger partial charge in [0.2, 0.25) is 0 Å². The van der Waals surface area contributed by atoms with E-state index in [0.29, 0.717) is 22.8 Å². The maximum Gasteiger partial charge on any atom is 0.253 e. The Kier molecular flexibility index (Phi) is 5.49. The molecule has 3 rings (SSSR count). The topological polar surface area (TPSA) is 54.0 Å². The lowest BCUT2D eigenvalue weighted by atomic mass is 10.2. The predicted molar refractivity (Wildman–Crippen MR) is 101 cm³/mol. The highest BCUT2D eigenvalue weighted by Crippen LogP contribution is 2.23. The fraction of sp³-hybridized carbons (Fsp3) is 0.100. The molecule has 0 saturated heterocycles. The van der Waals surface area contributed by atoms with Crippen molar-refractivity contribution in [3.63, 3.8) is 0 Å². The molecule has 0 saturated carbocycles. The first-order valence-electron chi connectivity index (χ1n) is 8.02. The van der Waals surface area contributed by atoms with Crippen molar-refractivity contribution < 1.29 is 9.18 Å². The fourth-order valence-electron chi connectivity index (χ4n) is 2.44. The van der Waals surface area contributed by atoms with Gasteiger partial charge in [0.25, 0.3) is 5.91 Å². The Labute approximate surface area is 156 Å². The predicted octanol–water partition coefficient (Wildman–Crippen LogP) is 4.86. The Bertz CT molecular complexity index is 929. The minimum atomic E-state index is -0.305. The number of nitrogens with zero attached hydrogens (tertiary/aromatic N) is 1. The average molecular weight is 370 g/mol. The second-order valence-corrected chi connectivity index (χ2v) is 6.29. The van der Waals surface area contributed by atoms with Gasteiger partial charge in [-0.3, -0.25) is 9.78 Å². The normalized spacial score (nSPS) is 10.4. The van der Waals surface area contributed by atoms with Crippen molar-refractivity contribution in [1.82, 2.24) is 10.3 Å². The minimum Gasteiger partial charge on any atom is -0.354 e. The molecule has 6 heteroatoms. The average Bonchev–Trinajstić information content (AvgIpc) is 2.63. The fourth-order valence-corrected chi connectivity index (χ4v) is 2.67. The molecule has 4 nitrogen and oxygen atoms in total. The van der Waals surface area contributed by atoms with E-state index >= 15 is 0 Å². The quantitative estimate of drug-likeness (QED) is 0.675. The van der Waals surface area contributed by atoms with E-state index in [1.54, 1.807) is 30.5 Å². The molecule has 1 aromatic heterocycles. The third-order valence-electron chi connectivity index (χ3n) is 3.83. The smallest absolute Gasteiger partial charge is 0.253 e. The number of anilines is 2. The van der Waals surface area contributed by atoms with Crippen LogP contribution in [0.25, 0.3) is 0 Å². The van der Waals surface area contributed by atoms with Crippen LogP contribution in [0.3, 0.4) is 0 Å². The first-order valence-corrected chi connectivity index (χ1v) is 8.40. The molecule has 26 heavy (non-hydrogen) atoms. The molecule has 0 radical (unpaired) electrons. The Hall–Kier alpha value is -2.92. The summed E-state index contributed by atoms with van der Waals surface area (Å²) >= 11 is 5.97. The van der Waals surface area contributed by atoms with Gasteiger partial charge >= 0.3 is 0 Å². The number of carbonyl (C=O) groups is 1. The number of aryl methyl sites for hydroxylation is 1. The van der Waals surface area contributed by atoms with Crippen LogP contribution < -0.4 is 10.6 Å². The summed E-state index contributed by atoms with van der Waals surface area (Å²) in [6.07, 6.45) is 3.14. The van der Waals surface area contributed by atoms with Crippen LogP contribution >= 0.6 is 11.6 Å². The number of hydrogen-bond acceptors (Lipinski definition) is 3. The van der Waals surface area contributed by atoms with Crippen LogP contribution in [0.2, 0.25) is 5.02 Å². The van der Waals surface area contributed by atoms with Crippen LogP contribution in [0.4, 0.5) is 15.8 Å². The highest BCUT2D eigenvalue weighted by molar-refractivity contribution is 6.30. The number of hydrogen-bond donors (Lipinski definition) is 2. The van der Waals surface area contributed by atoms with E-state index in [-0.39, 0.29) is 11.7 Å². The largest absolute Gasteiger partial charge is 0.354 e. The van der Waals surface area contributed by atoms with Crippen molar-refractivity contribution in [3.05, 3.63) is 88.5 Å². The molecule has 1 amide bonds. The second-order valence-electron chi connectivity index (χ2n) is 5.86. The maximum atomic E-state index is 12.9. The zero-order valence-electron chi connectivity index (χ0n) is 14.1. The van der Waals surface area contributed by atoms with Crippen molar-refractivity contribution >= 4 is 28.9 Å². The van der Waals surface area contributed by atoms with E-state index in [9.17, 15) is 9.18 Å². The SMILES string of the molecule is Cc1cc(Cl)ccc1Nc1cncc(C(=O)NCc2ccc(F)cc2)c1. The number of halogens is 2. The molecule has 132 valence electrons. The lowest BCUT2D eigenvalue weighted by Crippen LogP contribution is -2.23. The van der Waals surface area contributed by atoms with E-state index in [0.717, 1.165) is 16.8 Å². The monoisotopic (exact) mass is 369 g/mol. The van der Waals surface area contributed by atoms with Gasteiger partial charge in [-0.25, -0.2) is 4.39 Å². The number of pyridine rings is 1. The van der Waals surface area contributed by atoms with Gasteiger partial charge in [0.15, 0.2) is 0 Å². The number of amides is 1. The molecule has 2 N–H and O–H groups in total. The number of rotatable bonds is 5. The molecule has 0 fully saturated rings. The van der Waals surface area contributed by atoms with Crippen LogP contribution in [0.5, 0.6) is 0 Å². The molecule has 1 heterocycles. The van der Waals surface area contributed by atoms with E-state index in [4.69, 9.17) is 11.6 Å². The summed E-state index contributed by atoms with van der Waals surface area (Å²) in [6, 6.07) is 13.2. The van der Waals surface area contributed by atoms with E-state index in [1.807, 2.05) is 19.1 Å². The summed E-state index contributed by atoms with van der Waals surface area (Å²) < 4.78 is 12.9. The Balaban J connectivity index is 1.68. The summed E-state index contributed by atoms with van der Waals surface area (Å²) in [5.41, 5.74) is 3.83. The first kappa shape index (κ1) is 17.9. The van der Waals surface area contributed by atoms with Gasteiger partial charge < -0.3 is 10.6 Å². The number of carbonyl (C=O) groups excluding carboxylic acids is 1. The minimum absolute atomic E-state index is 0.252. The summed E-state index contributed by atoms with van der Waals surface area (Å²) in [5.74, 6) is -0.557. The second kappa shape index (κ2) is 7.97. The highest BCUT2D eigenvalue weighted by Gasteiger charge is 2.08. The van der Waals surface area contributed by atoms with Gasteiger partial charge in [-0.1, -0.05) is 23.7 Å². The van der Waals surface area contributed by atoms with Crippen molar-refractivity contribution in [2.24, 2.45) is 0 Å². The molecule has 0 aliphatic rings. The van der Waals surface area contributed by atoms with E-state index in [1.165, 1.54) is 18.3 Å². The highest BCUT2D eigenvalue weighted by atomic mass is 35.5. The Morgan fingerprint density at radius 2 is 1.88 bits per heavy atom. The van der Waals surface area contributed by atoms with E-state index in [2.05, 4.69) is 15.6 Å². The van der Waals surface area contributed by atoms with Gasteiger partial charge in [-0.15, -0.1) is 0 Å². The maximum absolute atomic E-state index is 12.9. The number of aromatic nitrogens is 1. The molecule has 0 aliphatic carbocycles. The molecule has 0 unspecified atom stereocenters. The summed E-state index contributed by atoms with van der Waals surface area (Å²) in [6.45, 7) is 2.26. The van der Waals surface area contributed by atoms with Crippen molar-refractivity contribution in [2.75, 3.05) is 5.32 Å². The zero-order valence-corrected chi connectivity index (χ0v) is 14.8. The molecular weight excluding hydrogens is 353 g/mol. The summed E-state index contributed by atoms with van der Waals surface area (Å²) in [4.78, 5) is 16.4. The van der Waals surface area contributed by atoms with E-state index < -0.39 is 0 Å². The molecule has 3 aromatic rings. The Morgan fingerprint density at radius 1 is 1.12 bits per heavy atom. The molecule has 0 spiro atoms. The third kappa shape index (κ3) is 4.58. The first-order chi connectivity index (χ1) is 12.5. The zero-order chi connectivity index (χ0) is 18.5. The van der Waals surface area contributed by atoms with Gasteiger partial charge in [0.05, 0.1) is 17.4 Å². The molecular formula is C20H17ClFN3O. The lowest BCUT2D eigenvalue weighted by Gasteiger charge is -2.11. The summed E-state index contributed by atoms with van der Waals surface area (Å²) in [5, 5.41) is 6.70. The van der Waals surface area contributed by atoms with Gasteiger partial charge in [-0.05, 0) is 54.4 Å². The van der Waals surface area contributed by atoms with Gasteiger partial charge in [0.1, 0.15) is 5.82 Å². The molecule has 0 atom stereocenters. The number of benzene rings is 2. The standard InChI is InChI=1S/C20H17ClFN3O/c1-13-8-16(21)4-7-19(13)25-18-9-15(11-23-12-18)20(26)24-10-14-2-5-17(22)6-3-14/h2-9,11-12,25H,10H2,1H3,(H,24,26). The lowest BCUT2D eigenvalue weighted by molar-refractivity contribution is 0.0950. The van der Waals surface area contributed by atoms with Gasteiger partial charge in [0, 0.05) is 23.5 Å². The third-order valence-corrected chi connectivity index (χ3v) is 4.07. The van der Waals surface area contributed by atoms with Crippen molar-refractivity contribution in [3.8, 4) is 0 Å². The van der Waals surface area contributed by atoms with Crippen LogP contribution in [0, 0.1) is 12.7 Å². The van der Waals surface area contributed by atoms with Crippen LogP contribution in [0.1, 0.15) is 21.5 Å².